The molecule has 2 rings (SSSR count). The first kappa shape index (κ1) is 15.1. The van der Waals surface area contributed by atoms with Gasteiger partial charge in [-0.15, -0.1) is 0 Å². The van der Waals surface area contributed by atoms with E-state index in [9.17, 15) is 10.1 Å². The molecule has 110 valence electrons. The zero-order chi connectivity index (χ0) is 15.6. The number of para-hydroxylation sites is 1. The highest BCUT2D eigenvalue weighted by Crippen LogP contribution is 2.38. The molecule has 0 saturated carbocycles. The molecular formula is C15H15ClN2O3. The molecule has 0 aliphatic heterocycles. The lowest BCUT2D eigenvalue weighted by Gasteiger charge is -2.11. The zero-order valence-electron chi connectivity index (χ0n) is 11.9. The predicted molar refractivity (Wildman–Crippen MR) is 83.6 cm³/mol. The van der Waals surface area contributed by atoms with Crippen molar-refractivity contribution in [2.45, 2.75) is 13.8 Å². The summed E-state index contributed by atoms with van der Waals surface area (Å²) in [6.07, 6.45) is 0. The standard InChI is InChI=1S/C15H15ClN2O3/c1-9-7-11(8-10(2)14(9)16)21-13-6-4-5-12(17-3)15(13)18(19)20/h4-8,17H,1-3H3. The summed E-state index contributed by atoms with van der Waals surface area (Å²) < 4.78 is 5.69. The quantitative estimate of drug-likeness (QED) is 0.657. The molecule has 2 aromatic carbocycles. The molecule has 0 bridgehead atoms. The highest BCUT2D eigenvalue weighted by Gasteiger charge is 2.21. The molecule has 2 aromatic rings. The van der Waals surface area contributed by atoms with Gasteiger partial charge in [-0.1, -0.05) is 17.7 Å². The Bertz CT molecular complexity index is 678. The first-order valence-corrected chi connectivity index (χ1v) is 6.71. The summed E-state index contributed by atoms with van der Waals surface area (Å²) in [4.78, 5) is 10.8. The minimum absolute atomic E-state index is 0.0924. The van der Waals surface area contributed by atoms with Gasteiger partial charge in [0.2, 0.25) is 5.75 Å². The maximum atomic E-state index is 11.2. The number of rotatable bonds is 4. The van der Waals surface area contributed by atoms with Gasteiger partial charge in [-0.05, 0) is 49.2 Å². The van der Waals surface area contributed by atoms with Crippen molar-refractivity contribution < 1.29 is 9.66 Å². The van der Waals surface area contributed by atoms with Crippen LogP contribution < -0.4 is 10.1 Å². The van der Waals surface area contributed by atoms with E-state index in [-0.39, 0.29) is 11.4 Å². The Kier molecular flexibility index (Phi) is 4.33. The molecule has 6 heteroatoms. The summed E-state index contributed by atoms with van der Waals surface area (Å²) >= 11 is 6.11. The molecule has 0 aliphatic rings. The van der Waals surface area contributed by atoms with Crippen LogP contribution in [0.25, 0.3) is 0 Å². The largest absolute Gasteiger partial charge is 0.450 e. The van der Waals surface area contributed by atoms with Crippen LogP contribution in [0.15, 0.2) is 30.3 Å². The second-order valence-corrected chi connectivity index (χ2v) is 5.01. The van der Waals surface area contributed by atoms with Gasteiger partial charge in [0.25, 0.3) is 0 Å². The summed E-state index contributed by atoms with van der Waals surface area (Å²) in [5.41, 5.74) is 2.03. The average molecular weight is 307 g/mol. The molecule has 5 nitrogen and oxygen atoms in total. The Morgan fingerprint density at radius 3 is 2.38 bits per heavy atom. The number of nitro benzene ring substituents is 1. The number of nitrogens with one attached hydrogen (secondary N) is 1. The first-order valence-electron chi connectivity index (χ1n) is 6.33. The maximum Gasteiger partial charge on any atom is 0.334 e. The summed E-state index contributed by atoms with van der Waals surface area (Å²) in [6.45, 7) is 3.72. The normalized spacial score (nSPS) is 10.3. The van der Waals surface area contributed by atoms with Gasteiger partial charge in [-0.3, -0.25) is 10.1 Å². The third-order valence-electron chi connectivity index (χ3n) is 3.09. The van der Waals surface area contributed by atoms with E-state index in [0.717, 1.165) is 11.1 Å². The molecule has 0 spiro atoms. The fraction of sp³-hybridized carbons (Fsp3) is 0.200. The van der Waals surface area contributed by atoms with Crippen LogP contribution >= 0.6 is 11.6 Å². The molecular weight excluding hydrogens is 292 g/mol. The lowest BCUT2D eigenvalue weighted by atomic mass is 10.1. The molecule has 0 atom stereocenters. The van der Waals surface area contributed by atoms with Crippen LogP contribution in [-0.2, 0) is 0 Å². The molecule has 0 fully saturated rings. The van der Waals surface area contributed by atoms with E-state index in [0.29, 0.717) is 16.5 Å². The Hall–Kier alpha value is -2.27. The molecule has 21 heavy (non-hydrogen) atoms. The fourth-order valence-electron chi connectivity index (χ4n) is 2.09. The lowest BCUT2D eigenvalue weighted by Crippen LogP contribution is -1.99. The number of nitrogens with zero attached hydrogens (tertiary/aromatic N) is 1. The topological polar surface area (TPSA) is 64.4 Å². The number of anilines is 1. The van der Waals surface area contributed by atoms with Crippen LogP contribution in [0.5, 0.6) is 11.5 Å². The van der Waals surface area contributed by atoms with Crippen molar-refractivity contribution in [3.05, 3.63) is 56.6 Å². The number of hydrogen-bond acceptors (Lipinski definition) is 4. The summed E-state index contributed by atoms with van der Waals surface area (Å²) in [5.74, 6) is 0.707. The van der Waals surface area contributed by atoms with Gasteiger partial charge >= 0.3 is 5.69 Å². The van der Waals surface area contributed by atoms with Crippen LogP contribution in [0.3, 0.4) is 0 Å². The lowest BCUT2D eigenvalue weighted by molar-refractivity contribution is -0.384. The van der Waals surface area contributed by atoms with Crippen LogP contribution in [-0.4, -0.2) is 12.0 Å². The second-order valence-electron chi connectivity index (χ2n) is 4.63. The number of nitro groups is 1. The average Bonchev–Trinajstić information content (AvgIpc) is 2.44. The predicted octanol–water partition coefficient (Wildman–Crippen LogP) is 4.70. The summed E-state index contributed by atoms with van der Waals surface area (Å²) in [7, 11) is 1.63. The smallest absolute Gasteiger partial charge is 0.334 e. The van der Waals surface area contributed by atoms with Gasteiger partial charge in [0.15, 0.2) is 0 Å². The Labute approximate surface area is 127 Å². The maximum absolute atomic E-state index is 11.2. The van der Waals surface area contributed by atoms with E-state index >= 15 is 0 Å². The number of benzene rings is 2. The monoisotopic (exact) mass is 306 g/mol. The van der Waals surface area contributed by atoms with Crippen molar-refractivity contribution in [1.82, 2.24) is 0 Å². The molecule has 0 heterocycles. The van der Waals surface area contributed by atoms with Crippen LogP contribution in [0.1, 0.15) is 11.1 Å². The van der Waals surface area contributed by atoms with Gasteiger partial charge in [0.05, 0.1) is 4.92 Å². The summed E-state index contributed by atoms with van der Waals surface area (Å²) in [5, 5.41) is 14.7. The molecule has 0 amide bonds. The highest BCUT2D eigenvalue weighted by atomic mass is 35.5. The van der Waals surface area contributed by atoms with Crippen LogP contribution in [0.4, 0.5) is 11.4 Å². The first-order chi connectivity index (χ1) is 9.93. The van der Waals surface area contributed by atoms with Crippen molar-refractivity contribution in [1.29, 1.82) is 0 Å². The number of ether oxygens (including phenoxy) is 1. The van der Waals surface area contributed by atoms with Crippen molar-refractivity contribution in [2.75, 3.05) is 12.4 Å². The minimum Gasteiger partial charge on any atom is -0.450 e. The third-order valence-corrected chi connectivity index (χ3v) is 3.68. The zero-order valence-corrected chi connectivity index (χ0v) is 12.7. The van der Waals surface area contributed by atoms with E-state index in [1.165, 1.54) is 0 Å². The molecule has 0 aliphatic carbocycles. The minimum atomic E-state index is -0.462. The molecule has 0 aromatic heterocycles. The second kappa shape index (κ2) is 6.01. The van der Waals surface area contributed by atoms with Gasteiger partial charge in [0.1, 0.15) is 11.4 Å². The van der Waals surface area contributed by atoms with E-state index in [4.69, 9.17) is 16.3 Å². The van der Waals surface area contributed by atoms with Crippen LogP contribution in [0.2, 0.25) is 5.02 Å². The third kappa shape index (κ3) is 3.08. The van der Waals surface area contributed by atoms with E-state index < -0.39 is 4.92 Å². The van der Waals surface area contributed by atoms with Crippen molar-refractivity contribution in [3.63, 3.8) is 0 Å². The van der Waals surface area contributed by atoms with E-state index in [1.807, 2.05) is 13.8 Å². The van der Waals surface area contributed by atoms with E-state index in [2.05, 4.69) is 5.32 Å². The van der Waals surface area contributed by atoms with Crippen molar-refractivity contribution in [3.8, 4) is 11.5 Å². The molecule has 0 saturated heterocycles. The number of halogens is 1. The molecule has 1 N–H and O–H groups in total. The molecule has 0 radical (unpaired) electrons. The van der Waals surface area contributed by atoms with Gasteiger partial charge in [-0.25, -0.2) is 0 Å². The SMILES string of the molecule is CNc1cccc(Oc2cc(C)c(Cl)c(C)c2)c1[N+](=O)[O-]. The van der Waals surface area contributed by atoms with Crippen molar-refractivity contribution >= 4 is 23.0 Å². The molecule has 0 unspecified atom stereocenters. The number of hydrogen-bond donors (Lipinski definition) is 1. The Balaban J connectivity index is 2.47. The fourth-order valence-corrected chi connectivity index (χ4v) is 2.20. The van der Waals surface area contributed by atoms with Gasteiger partial charge < -0.3 is 10.1 Å². The Morgan fingerprint density at radius 2 is 1.86 bits per heavy atom. The highest BCUT2D eigenvalue weighted by molar-refractivity contribution is 6.32. The van der Waals surface area contributed by atoms with Crippen molar-refractivity contribution in [2.24, 2.45) is 0 Å². The summed E-state index contributed by atoms with van der Waals surface area (Å²) in [6, 6.07) is 8.40. The Morgan fingerprint density at radius 1 is 1.24 bits per heavy atom. The van der Waals surface area contributed by atoms with E-state index in [1.54, 1.807) is 37.4 Å². The van der Waals surface area contributed by atoms with Gasteiger partial charge in [0, 0.05) is 12.1 Å². The number of aryl methyl sites for hydroxylation is 2. The van der Waals surface area contributed by atoms with Gasteiger partial charge in [-0.2, -0.15) is 0 Å². The van der Waals surface area contributed by atoms with Crippen LogP contribution in [0, 0.1) is 24.0 Å².